The van der Waals surface area contributed by atoms with Crippen LogP contribution >= 0.6 is 22.9 Å². The number of benzene rings is 1. The molecular formula is C18H19ClN4OS. The van der Waals surface area contributed by atoms with Gasteiger partial charge in [0.25, 0.3) is 0 Å². The van der Waals surface area contributed by atoms with Gasteiger partial charge in [-0.2, -0.15) is 5.26 Å². The number of rotatable bonds is 5. The van der Waals surface area contributed by atoms with E-state index in [1.54, 1.807) is 23.5 Å². The van der Waals surface area contributed by atoms with E-state index >= 15 is 0 Å². The van der Waals surface area contributed by atoms with Gasteiger partial charge in [-0.3, -0.25) is 9.69 Å². The summed E-state index contributed by atoms with van der Waals surface area (Å²) in [5, 5.41) is 11.9. The molecule has 1 aliphatic rings. The summed E-state index contributed by atoms with van der Waals surface area (Å²) in [6.07, 6.45) is 0. The fourth-order valence-corrected chi connectivity index (χ4v) is 3.89. The number of thiophene rings is 1. The van der Waals surface area contributed by atoms with Crippen LogP contribution in [0.1, 0.15) is 10.4 Å². The van der Waals surface area contributed by atoms with Gasteiger partial charge in [-0.15, -0.1) is 11.3 Å². The first kappa shape index (κ1) is 17.7. The number of carbonyl (C=O) groups is 1. The number of nitrogens with one attached hydrogen (secondary N) is 1. The predicted octanol–water partition coefficient (Wildman–Crippen LogP) is 3.03. The maximum atomic E-state index is 12.3. The Morgan fingerprint density at radius 3 is 2.48 bits per heavy atom. The molecule has 2 aromatic rings. The molecule has 1 N–H and O–H groups in total. The number of nitrogens with zero attached hydrogens (tertiary/aromatic N) is 3. The molecule has 1 fully saturated rings. The summed E-state index contributed by atoms with van der Waals surface area (Å²) in [7, 11) is 0. The number of hydrogen-bond donors (Lipinski definition) is 1. The van der Waals surface area contributed by atoms with Crippen molar-refractivity contribution in [1.82, 2.24) is 9.80 Å². The van der Waals surface area contributed by atoms with E-state index in [4.69, 9.17) is 16.9 Å². The topological polar surface area (TPSA) is 59.4 Å². The highest BCUT2D eigenvalue weighted by Crippen LogP contribution is 2.23. The zero-order valence-electron chi connectivity index (χ0n) is 13.7. The fourth-order valence-electron chi connectivity index (χ4n) is 2.76. The molecule has 7 heteroatoms. The Balaban J connectivity index is 1.42. The van der Waals surface area contributed by atoms with Crippen molar-refractivity contribution in [3.05, 3.63) is 51.2 Å². The lowest BCUT2D eigenvalue weighted by Gasteiger charge is -2.34. The second-order valence-electron chi connectivity index (χ2n) is 5.91. The lowest BCUT2D eigenvalue weighted by molar-refractivity contribution is -0.131. The minimum atomic E-state index is 0.100. The van der Waals surface area contributed by atoms with E-state index < -0.39 is 0 Å². The smallest absolute Gasteiger partial charge is 0.241 e. The molecule has 0 bridgehead atoms. The van der Waals surface area contributed by atoms with Gasteiger partial charge >= 0.3 is 0 Å². The van der Waals surface area contributed by atoms with E-state index in [-0.39, 0.29) is 12.5 Å². The molecule has 1 aromatic heterocycles. The second-order valence-corrected chi connectivity index (χ2v) is 7.71. The summed E-state index contributed by atoms with van der Waals surface area (Å²) >= 11 is 7.58. The van der Waals surface area contributed by atoms with Gasteiger partial charge in [0.2, 0.25) is 5.91 Å². The number of piperazine rings is 1. The van der Waals surface area contributed by atoms with E-state index in [0.29, 0.717) is 5.56 Å². The van der Waals surface area contributed by atoms with E-state index in [1.807, 2.05) is 23.1 Å². The fraction of sp³-hybridized carbons (Fsp3) is 0.333. The van der Waals surface area contributed by atoms with Gasteiger partial charge in [-0.05, 0) is 36.4 Å². The molecular weight excluding hydrogens is 356 g/mol. The molecule has 1 aromatic carbocycles. The molecule has 0 spiro atoms. The molecule has 1 aliphatic heterocycles. The Kier molecular flexibility index (Phi) is 5.92. The van der Waals surface area contributed by atoms with E-state index in [2.05, 4.69) is 22.4 Å². The van der Waals surface area contributed by atoms with E-state index in [9.17, 15) is 4.79 Å². The third-order valence-electron chi connectivity index (χ3n) is 4.19. The van der Waals surface area contributed by atoms with Crippen molar-refractivity contribution in [2.75, 3.05) is 38.0 Å². The SMILES string of the molecule is N#Cc1ccc(NCC(=O)N2CCN(Cc3ccc(Cl)s3)CC2)cc1. The number of anilines is 1. The summed E-state index contributed by atoms with van der Waals surface area (Å²) in [4.78, 5) is 17.8. The Morgan fingerprint density at radius 2 is 1.88 bits per heavy atom. The van der Waals surface area contributed by atoms with Gasteiger partial charge in [0, 0.05) is 43.3 Å². The third kappa shape index (κ3) is 4.95. The van der Waals surface area contributed by atoms with Crippen molar-refractivity contribution >= 4 is 34.5 Å². The zero-order valence-corrected chi connectivity index (χ0v) is 15.3. The molecule has 130 valence electrons. The van der Waals surface area contributed by atoms with Gasteiger partial charge in [0.05, 0.1) is 22.5 Å². The number of nitriles is 1. The zero-order chi connectivity index (χ0) is 17.6. The van der Waals surface area contributed by atoms with Crippen LogP contribution in [0.4, 0.5) is 5.69 Å². The maximum Gasteiger partial charge on any atom is 0.241 e. The Hall–Kier alpha value is -2.07. The Morgan fingerprint density at radius 1 is 1.16 bits per heavy atom. The summed E-state index contributed by atoms with van der Waals surface area (Å²) in [6, 6.07) is 13.2. The highest BCUT2D eigenvalue weighted by molar-refractivity contribution is 7.16. The lowest BCUT2D eigenvalue weighted by atomic mass is 10.2. The van der Waals surface area contributed by atoms with Crippen molar-refractivity contribution < 1.29 is 4.79 Å². The van der Waals surface area contributed by atoms with Crippen LogP contribution in [0.2, 0.25) is 4.34 Å². The number of carbonyl (C=O) groups excluding carboxylic acids is 1. The van der Waals surface area contributed by atoms with Crippen LogP contribution in [0.25, 0.3) is 0 Å². The molecule has 2 heterocycles. The van der Waals surface area contributed by atoms with Gasteiger partial charge in [-0.1, -0.05) is 11.6 Å². The molecule has 25 heavy (non-hydrogen) atoms. The predicted molar refractivity (Wildman–Crippen MR) is 101 cm³/mol. The van der Waals surface area contributed by atoms with Crippen LogP contribution < -0.4 is 5.32 Å². The first-order valence-corrected chi connectivity index (χ1v) is 9.32. The Labute approximate surface area is 156 Å². The normalized spacial score (nSPS) is 15.0. The molecule has 1 saturated heterocycles. The molecule has 5 nitrogen and oxygen atoms in total. The van der Waals surface area contributed by atoms with Gasteiger partial charge < -0.3 is 10.2 Å². The summed E-state index contributed by atoms with van der Waals surface area (Å²) in [6.45, 7) is 4.39. The van der Waals surface area contributed by atoms with Gasteiger partial charge in [0.15, 0.2) is 0 Å². The van der Waals surface area contributed by atoms with Crippen LogP contribution in [0.5, 0.6) is 0 Å². The van der Waals surface area contributed by atoms with Crippen molar-refractivity contribution in [3.63, 3.8) is 0 Å². The molecule has 0 unspecified atom stereocenters. The number of hydrogen-bond acceptors (Lipinski definition) is 5. The summed E-state index contributed by atoms with van der Waals surface area (Å²) in [5.41, 5.74) is 1.46. The molecule has 0 saturated carbocycles. The average Bonchev–Trinajstić information content (AvgIpc) is 3.05. The number of amides is 1. The van der Waals surface area contributed by atoms with Crippen molar-refractivity contribution in [3.8, 4) is 6.07 Å². The van der Waals surface area contributed by atoms with Crippen molar-refractivity contribution in [2.24, 2.45) is 0 Å². The monoisotopic (exact) mass is 374 g/mol. The first-order valence-electron chi connectivity index (χ1n) is 8.12. The average molecular weight is 375 g/mol. The maximum absolute atomic E-state index is 12.3. The van der Waals surface area contributed by atoms with Crippen LogP contribution in [-0.4, -0.2) is 48.4 Å². The highest BCUT2D eigenvalue weighted by atomic mass is 35.5. The first-order chi connectivity index (χ1) is 12.1. The molecule has 1 amide bonds. The Bertz CT molecular complexity index is 760. The number of halogens is 1. The van der Waals surface area contributed by atoms with Crippen molar-refractivity contribution in [1.29, 1.82) is 5.26 Å². The summed E-state index contributed by atoms with van der Waals surface area (Å²) in [5.74, 6) is 0.100. The molecule has 0 aliphatic carbocycles. The molecule has 3 rings (SSSR count). The van der Waals surface area contributed by atoms with Crippen LogP contribution in [0.15, 0.2) is 36.4 Å². The highest BCUT2D eigenvalue weighted by Gasteiger charge is 2.21. The lowest BCUT2D eigenvalue weighted by Crippen LogP contribution is -2.49. The van der Waals surface area contributed by atoms with E-state index in [0.717, 1.165) is 42.7 Å². The minimum absolute atomic E-state index is 0.100. The largest absolute Gasteiger partial charge is 0.376 e. The van der Waals surface area contributed by atoms with E-state index in [1.165, 1.54) is 4.88 Å². The van der Waals surface area contributed by atoms with Crippen molar-refractivity contribution in [2.45, 2.75) is 6.54 Å². The van der Waals surface area contributed by atoms with Crippen LogP contribution in [0, 0.1) is 11.3 Å². The molecule has 0 radical (unpaired) electrons. The van der Waals surface area contributed by atoms with Crippen LogP contribution in [-0.2, 0) is 11.3 Å². The molecule has 0 atom stereocenters. The standard InChI is InChI=1S/C18H19ClN4OS/c19-17-6-5-16(25-17)13-22-7-9-23(10-8-22)18(24)12-21-15-3-1-14(11-20)2-4-15/h1-6,21H,7-10,12-13H2. The second kappa shape index (κ2) is 8.34. The van der Waals surface area contributed by atoms with Crippen LogP contribution in [0.3, 0.4) is 0 Å². The minimum Gasteiger partial charge on any atom is -0.376 e. The third-order valence-corrected chi connectivity index (χ3v) is 5.41. The van der Waals surface area contributed by atoms with Gasteiger partial charge in [0.1, 0.15) is 0 Å². The quantitative estimate of drug-likeness (QED) is 0.873. The summed E-state index contributed by atoms with van der Waals surface area (Å²) < 4.78 is 0.817. The van der Waals surface area contributed by atoms with Gasteiger partial charge in [-0.25, -0.2) is 0 Å².